The Morgan fingerprint density at radius 1 is 0.853 bits per heavy atom. The number of amides is 1. The van der Waals surface area contributed by atoms with Crippen molar-refractivity contribution in [3.8, 4) is 17.2 Å². The van der Waals surface area contributed by atoms with Gasteiger partial charge in [-0.1, -0.05) is 24.3 Å². The summed E-state index contributed by atoms with van der Waals surface area (Å²) in [5, 5.41) is 11.3. The Kier molecular flexibility index (Phi) is 6.27. The van der Waals surface area contributed by atoms with Crippen LogP contribution in [0.2, 0.25) is 0 Å². The van der Waals surface area contributed by atoms with Gasteiger partial charge >= 0.3 is 0 Å². The first-order valence-corrected chi connectivity index (χ1v) is 10.6. The number of hydrogen-bond donors (Lipinski definition) is 1. The lowest BCUT2D eigenvalue weighted by atomic mass is 9.92. The van der Waals surface area contributed by atoms with Crippen LogP contribution in [0.3, 0.4) is 0 Å². The van der Waals surface area contributed by atoms with E-state index < -0.39 is 17.7 Å². The zero-order valence-corrected chi connectivity index (χ0v) is 19.4. The fourth-order valence-electron chi connectivity index (χ4n) is 4.17. The first-order valence-electron chi connectivity index (χ1n) is 10.6. The first-order chi connectivity index (χ1) is 16.4. The summed E-state index contributed by atoms with van der Waals surface area (Å²) in [5.41, 5.74) is 2.47. The number of ether oxygens (including phenoxy) is 3. The molecule has 1 N–H and O–H groups in total. The number of aliphatic hydroxyl groups excluding tert-OH is 1. The SMILES string of the molecule is COc1ccc(N2C(=O)C(=O)/C(=C(/O)c3ccc(OC)c(OC)c3)C2c2ccccc2C)cc1. The Hall–Kier alpha value is -4.26. The number of aryl methyl sites for hydroxylation is 1. The van der Waals surface area contributed by atoms with E-state index in [0.29, 0.717) is 28.5 Å². The van der Waals surface area contributed by atoms with Gasteiger partial charge in [-0.15, -0.1) is 0 Å². The number of carbonyl (C=O) groups is 2. The van der Waals surface area contributed by atoms with E-state index in [1.165, 1.54) is 19.1 Å². The number of aliphatic hydroxyl groups is 1. The van der Waals surface area contributed by atoms with Gasteiger partial charge in [-0.05, 0) is 60.5 Å². The maximum Gasteiger partial charge on any atom is 0.300 e. The fraction of sp³-hybridized carbons (Fsp3) is 0.185. The average Bonchev–Trinajstić information content (AvgIpc) is 3.13. The Bertz CT molecular complexity index is 1280. The molecule has 1 unspecified atom stereocenters. The zero-order chi connectivity index (χ0) is 24.4. The lowest BCUT2D eigenvalue weighted by Crippen LogP contribution is -2.29. The molecule has 34 heavy (non-hydrogen) atoms. The molecule has 7 heteroatoms. The minimum Gasteiger partial charge on any atom is -0.507 e. The number of hydrogen-bond acceptors (Lipinski definition) is 6. The van der Waals surface area contributed by atoms with E-state index in [-0.39, 0.29) is 11.3 Å². The van der Waals surface area contributed by atoms with Gasteiger partial charge < -0.3 is 19.3 Å². The standard InChI is InChI=1S/C27H25NO6/c1-16-7-5-6-8-20(16)24-23(25(29)17-9-14-21(33-3)22(15-17)34-4)26(30)27(31)28(24)18-10-12-19(32-2)13-11-18/h5-15,24,29H,1-4H3/b25-23+. The number of anilines is 1. The topological polar surface area (TPSA) is 85.3 Å². The number of benzene rings is 3. The predicted molar refractivity (Wildman–Crippen MR) is 129 cm³/mol. The molecule has 3 aromatic rings. The van der Waals surface area contributed by atoms with Crippen LogP contribution in [0.15, 0.2) is 72.3 Å². The Morgan fingerprint density at radius 2 is 1.53 bits per heavy atom. The second-order valence-corrected chi connectivity index (χ2v) is 7.79. The highest BCUT2D eigenvalue weighted by molar-refractivity contribution is 6.51. The van der Waals surface area contributed by atoms with Crippen LogP contribution in [0.4, 0.5) is 5.69 Å². The third kappa shape index (κ3) is 3.85. The van der Waals surface area contributed by atoms with Crippen molar-refractivity contribution in [2.75, 3.05) is 26.2 Å². The molecule has 1 aliphatic heterocycles. The molecule has 1 fully saturated rings. The van der Waals surface area contributed by atoms with E-state index in [1.54, 1.807) is 49.6 Å². The molecule has 0 aromatic heterocycles. The summed E-state index contributed by atoms with van der Waals surface area (Å²) in [5.74, 6) is -0.282. The molecule has 0 bridgehead atoms. The second-order valence-electron chi connectivity index (χ2n) is 7.79. The number of carbonyl (C=O) groups excluding carboxylic acids is 2. The molecule has 4 rings (SSSR count). The molecule has 3 aromatic carbocycles. The summed E-state index contributed by atoms with van der Waals surface area (Å²) in [6.45, 7) is 1.90. The summed E-state index contributed by atoms with van der Waals surface area (Å²) in [4.78, 5) is 28.0. The highest BCUT2D eigenvalue weighted by Gasteiger charge is 2.47. The lowest BCUT2D eigenvalue weighted by molar-refractivity contribution is -0.132. The maximum atomic E-state index is 13.3. The van der Waals surface area contributed by atoms with Gasteiger partial charge in [0.05, 0.1) is 32.9 Å². The van der Waals surface area contributed by atoms with Crippen molar-refractivity contribution in [3.63, 3.8) is 0 Å². The summed E-state index contributed by atoms with van der Waals surface area (Å²) in [6.07, 6.45) is 0. The van der Waals surface area contributed by atoms with Crippen LogP contribution < -0.4 is 19.1 Å². The Morgan fingerprint density at radius 3 is 2.15 bits per heavy atom. The number of ketones is 1. The van der Waals surface area contributed by atoms with Crippen LogP contribution in [0.25, 0.3) is 5.76 Å². The van der Waals surface area contributed by atoms with E-state index in [0.717, 1.165) is 11.1 Å². The van der Waals surface area contributed by atoms with Crippen molar-refractivity contribution in [3.05, 3.63) is 89.0 Å². The lowest BCUT2D eigenvalue weighted by Gasteiger charge is -2.26. The average molecular weight is 459 g/mol. The molecule has 0 radical (unpaired) electrons. The van der Waals surface area contributed by atoms with Crippen molar-refractivity contribution >= 4 is 23.1 Å². The van der Waals surface area contributed by atoms with Crippen LogP contribution in [-0.4, -0.2) is 38.1 Å². The number of nitrogens with zero attached hydrogens (tertiary/aromatic N) is 1. The van der Waals surface area contributed by atoms with Crippen molar-refractivity contribution in [1.29, 1.82) is 0 Å². The number of rotatable bonds is 6. The summed E-state index contributed by atoms with van der Waals surface area (Å²) in [7, 11) is 4.55. The summed E-state index contributed by atoms with van der Waals surface area (Å²) in [6, 6.07) is 18.4. The van der Waals surface area contributed by atoms with Gasteiger partial charge in [0, 0.05) is 11.3 Å². The molecular weight excluding hydrogens is 434 g/mol. The summed E-state index contributed by atoms with van der Waals surface area (Å²) < 4.78 is 15.8. The minimum absolute atomic E-state index is 0.00216. The van der Waals surface area contributed by atoms with Crippen LogP contribution in [0.1, 0.15) is 22.7 Å². The second kappa shape index (κ2) is 9.31. The number of Topliss-reactive ketones (excluding diaryl/α,β-unsaturated/α-hetero) is 1. The van der Waals surface area contributed by atoms with Gasteiger partial charge in [0.15, 0.2) is 11.5 Å². The maximum absolute atomic E-state index is 13.3. The molecule has 174 valence electrons. The monoisotopic (exact) mass is 459 g/mol. The predicted octanol–water partition coefficient (Wildman–Crippen LogP) is 4.65. The number of methoxy groups -OCH3 is 3. The van der Waals surface area contributed by atoms with E-state index >= 15 is 0 Å². The van der Waals surface area contributed by atoms with E-state index in [4.69, 9.17) is 14.2 Å². The molecule has 0 spiro atoms. The van der Waals surface area contributed by atoms with Crippen molar-refractivity contribution in [2.24, 2.45) is 0 Å². The molecule has 0 saturated carbocycles. The van der Waals surface area contributed by atoms with Crippen molar-refractivity contribution in [2.45, 2.75) is 13.0 Å². The molecule has 7 nitrogen and oxygen atoms in total. The van der Waals surface area contributed by atoms with Crippen LogP contribution in [-0.2, 0) is 9.59 Å². The molecule has 1 saturated heterocycles. The molecular formula is C27H25NO6. The first kappa shape index (κ1) is 22.9. The normalized spacial score (nSPS) is 17.1. The van der Waals surface area contributed by atoms with E-state index in [1.807, 2.05) is 31.2 Å². The summed E-state index contributed by atoms with van der Waals surface area (Å²) >= 11 is 0. The van der Waals surface area contributed by atoms with Gasteiger partial charge in [0.1, 0.15) is 11.5 Å². The van der Waals surface area contributed by atoms with E-state index in [9.17, 15) is 14.7 Å². The van der Waals surface area contributed by atoms with Crippen molar-refractivity contribution < 1.29 is 28.9 Å². The third-order valence-corrected chi connectivity index (χ3v) is 5.94. The van der Waals surface area contributed by atoms with Crippen LogP contribution >= 0.6 is 0 Å². The molecule has 1 atom stereocenters. The molecule has 1 aliphatic rings. The quantitative estimate of drug-likeness (QED) is 0.328. The van der Waals surface area contributed by atoms with Crippen LogP contribution in [0.5, 0.6) is 17.2 Å². The molecule has 1 amide bonds. The van der Waals surface area contributed by atoms with Gasteiger partial charge in [0.2, 0.25) is 0 Å². The smallest absolute Gasteiger partial charge is 0.300 e. The third-order valence-electron chi connectivity index (χ3n) is 5.94. The van der Waals surface area contributed by atoms with Gasteiger partial charge in [-0.2, -0.15) is 0 Å². The molecule has 0 aliphatic carbocycles. The fourth-order valence-corrected chi connectivity index (χ4v) is 4.17. The Labute approximate surface area is 197 Å². The zero-order valence-electron chi connectivity index (χ0n) is 19.4. The Balaban J connectivity index is 1.94. The van der Waals surface area contributed by atoms with Crippen molar-refractivity contribution in [1.82, 2.24) is 0 Å². The van der Waals surface area contributed by atoms with Gasteiger partial charge in [0.25, 0.3) is 11.7 Å². The van der Waals surface area contributed by atoms with Gasteiger partial charge in [-0.3, -0.25) is 14.5 Å². The van der Waals surface area contributed by atoms with Gasteiger partial charge in [-0.25, -0.2) is 0 Å². The highest BCUT2D eigenvalue weighted by atomic mass is 16.5. The minimum atomic E-state index is -0.817. The highest BCUT2D eigenvalue weighted by Crippen LogP contribution is 2.44. The van der Waals surface area contributed by atoms with E-state index in [2.05, 4.69) is 0 Å². The largest absolute Gasteiger partial charge is 0.507 e. The van der Waals surface area contributed by atoms with Crippen LogP contribution in [0, 0.1) is 6.92 Å². The molecule has 1 heterocycles.